The molecule has 2 heterocycles. The number of halogens is 1. The molecule has 1 aliphatic rings. The number of carbonyl (C=O) groups excluding carboxylic acids is 1. The number of allylic oxidation sites excluding steroid dienone is 1. The van der Waals surface area contributed by atoms with Crippen LogP contribution in [-0.4, -0.2) is 5.78 Å². The predicted molar refractivity (Wildman–Crippen MR) is 94.9 cm³/mol. The second-order valence-electron chi connectivity index (χ2n) is 5.57. The molecule has 1 aromatic heterocycles. The molecule has 0 N–H and O–H groups in total. The van der Waals surface area contributed by atoms with Crippen LogP contribution in [0.3, 0.4) is 0 Å². The van der Waals surface area contributed by atoms with Crippen molar-refractivity contribution in [2.45, 2.75) is 6.92 Å². The Hall–Kier alpha value is -2.72. The van der Waals surface area contributed by atoms with E-state index in [1.807, 2.05) is 30.3 Å². The first-order chi connectivity index (χ1) is 11.6. The molecule has 0 aliphatic carbocycles. The van der Waals surface area contributed by atoms with E-state index in [9.17, 15) is 9.18 Å². The molecule has 0 saturated heterocycles. The fourth-order valence-electron chi connectivity index (χ4n) is 2.76. The van der Waals surface area contributed by atoms with E-state index in [0.29, 0.717) is 5.75 Å². The molecule has 0 unspecified atom stereocenters. The highest BCUT2D eigenvalue weighted by atomic mass is 32.1. The van der Waals surface area contributed by atoms with E-state index in [4.69, 9.17) is 4.74 Å². The van der Waals surface area contributed by atoms with Gasteiger partial charge in [-0.05, 0) is 49.4 Å². The molecule has 1 aliphatic heterocycles. The number of fused-ring (bicyclic) bond motifs is 5. The van der Waals surface area contributed by atoms with E-state index in [0.717, 1.165) is 32.2 Å². The van der Waals surface area contributed by atoms with Gasteiger partial charge >= 0.3 is 0 Å². The molecule has 0 bridgehead atoms. The number of hydrogen-bond donors (Lipinski definition) is 0. The first-order valence-corrected chi connectivity index (χ1v) is 8.33. The van der Waals surface area contributed by atoms with Gasteiger partial charge in [0.15, 0.2) is 5.78 Å². The molecule has 0 saturated carbocycles. The summed E-state index contributed by atoms with van der Waals surface area (Å²) in [4.78, 5) is 13.1. The quantitative estimate of drug-likeness (QED) is 0.424. The van der Waals surface area contributed by atoms with Crippen molar-refractivity contribution in [2.24, 2.45) is 0 Å². The molecular formula is C20H13FO2S. The normalized spacial score (nSPS) is 12.1. The monoisotopic (exact) mass is 336 g/mol. The molecule has 24 heavy (non-hydrogen) atoms. The maximum absolute atomic E-state index is 13.8. The largest absolute Gasteiger partial charge is 0.456 e. The van der Waals surface area contributed by atoms with Gasteiger partial charge in [0.25, 0.3) is 0 Å². The summed E-state index contributed by atoms with van der Waals surface area (Å²) in [6.45, 7) is 1.52. The molecule has 0 radical (unpaired) electrons. The lowest BCUT2D eigenvalue weighted by molar-refractivity contribution is -0.112. The van der Waals surface area contributed by atoms with E-state index in [1.54, 1.807) is 18.2 Å². The van der Waals surface area contributed by atoms with E-state index in [-0.39, 0.29) is 11.6 Å². The summed E-state index contributed by atoms with van der Waals surface area (Å²) in [6, 6.07) is 14.3. The number of hydrogen-bond acceptors (Lipinski definition) is 3. The minimum absolute atomic E-state index is 0.00577. The van der Waals surface area contributed by atoms with E-state index in [1.165, 1.54) is 30.4 Å². The summed E-state index contributed by atoms with van der Waals surface area (Å²) >= 11 is 1.52. The lowest BCUT2D eigenvalue weighted by Gasteiger charge is -2.08. The Balaban J connectivity index is 1.99. The van der Waals surface area contributed by atoms with Gasteiger partial charge in [0.2, 0.25) is 0 Å². The Labute approximate surface area is 142 Å². The molecule has 3 aromatic rings. The zero-order valence-electron chi connectivity index (χ0n) is 12.9. The number of carbonyl (C=O) groups is 1. The summed E-state index contributed by atoms with van der Waals surface area (Å²) in [7, 11) is 0. The van der Waals surface area contributed by atoms with Gasteiger partial charge < -0.3 is 4.74 Å². The summed E-state index contributed by atoms with van der Waals surface area (Å²) in [5, 5.41) is 0. The van der Waals surface area contributed by atoms with Gasteiger partial charge in [-0.25, -0.2) is 4.39 Å². The number of benzene rings is 2. The highest BCUT2D eigenvalue weighted by molar-refractivity contribution is 7.17. The van der Waals surface area contributed by atoms with Crippen LogP contribution in [0.15, 0.2) is 54.6 Å². The third-order valence-electron chi connectivity index (χ3n) is 3.82. The van der Waals surface area contributed by atoms with Crippen LogP contribution in [0.2, 0.25) is 0 Å². The predicted octanol–water partition coefficient (Wildman–Crippen LogP) is 5.93. The zero-order valence-corrected chi connectivity index (χ0v) is 13.7. The maximum atomic E-state index is 13.8. The van der Waals surface area contributed by atoms with Gasteiger partial charge in [-0.15, -0.1) is 11.3 Å². The van der Waals surface area contributed by atoms with Crippen molar-refractivity contribution in [1.82, 2.24) is 0 Å². The highest BCUT2D eigenvalue weighted by Gasteiger charge is 2.23. The number of rotatable bonds is 2. The zero-order chi connectivity index (χ0) is 16.7. The van der Waals surface area contributed by atoms with Crippen molar-refractivity contribution in [1.29, 1.82) is 0 Å². The first kappa shape index (κ1) is 14.8. The summed E-state index contributed by atoms with van der Waals surface area (Å²) in [6.07, 6.45) is 3.34. The Bertz CT molecular complexity index is 985. The number of ether oxygens (including phenoxy) is 1. The van der Waals surface area contributed by atoms with Crippen LogP contribution in [0, 0.1) is 5.82 Å². The average molecular weight is 336 g/mol. The lowest BCUT2D eigenvalue weighted by atomic mass is 10.0. The van der Waals surface area contributed by atoms with Gasteiger partial charge in [0.05, 0.1) is 0 Å². The van der Waals surface area contributed by atoms with Crippen molar-refractivity contribution >= 4 is 23.2 Å². The minimum atomic E-state index is -0.302. The van der Waals surface area contributed by atoms with Crippen molar-refractivity contribution in [3.8, 4) is 33.1 Å². The smallest absolute Gasteiger partial charge is 0.152 e. The van der Waals surface area contributed by atoms with Crippen LogP contribution in [0.4, 0.5) is 4.39 Å². The Kier molecular flexibility index (Phi) is 3.54. The molecule has 2 nitrogen and oxygen atoms in total. The van der Waals surface area contributed by atoms with Gasteiger partial charge in [0, 0.05) is 26.4 Å². The average Bonchev–Trinajstić information content (AvgIpc) is 2.94. The number of thiophene rings is 1. The molecule has 0 fully saturated rings. The second kappa shape index (κ2) is 5.73. The van der Waals surface area contributed by atoms with E-state index >= 15 is 0 Å². The molecule has 4 heteroatoms. The highest BCUT2D eigenvalue weighted by Crippen LogP contribution is 2.50. The molecule has 2 aromatic carbocycles. The van der Waals surface area contributed by atoms with Gasteiger partial charge in [0.1, 0.15) is 17.3 Å². The van der Waals surface area contributed by atoms with E-state index < -0.39 is 0 Å². The van der Waals surface area contributed by atoms with E-state index in [2.05, 4.69) is 0 Å². The molecule has 0 spiro atoms. The molecule has 4 rings (SSSR count). The van der Waals surface area contributed by atoms with Crippen LogP contribution in [0.5, 0.6) is 11.5 Å². The second-order valence-corrected chi connectivity index (χ2v) is 6.66. The van der Waals surface area contributed by atoms with Crippen LogP contribution in [0.25, 0.3) is 27.6 Å². The summed E-state index contributed by atoms with van der Waals surface area (Å²) in [5.41, 5.74) is 2.68. The third kappa shape index (κ3) is 2.55. The van der Waals surface area contributed by atoms with Crippen molar-refractivity contribution in [3.63, 3.8) is 0 Å². The summed E-state index contributed by atoms with van der Waals surface area (Å²) < 4.78 is 19.8. The van der Waals surface area contributed by atoms with Crippen molar-refractivity contribution in [3.05, 3.63) is 65.3 Å². The van der Waals surface area contributed by atoms with Crippen LogP contribution in [0.1, 0.15) is 11.8 Å². The van der Waals surface area contributed by atoms with Crippen molar-refractivity contribution in [2.75, 3.05) is 0 Å². The number of ketones is 1. The third-order valence-corrected chi connectivity index (χ3v) is 4.95. The first-order valence-electron chi connectivity index (χ1n) is 7.51. The molecule has 0 amide bonds. The topological polar surface area (TPSA) is 26.3 Å². The van der Waals surface area contributed by atoms with Crippen LogP contribution >= 0.6 is 11.3 Å². The van der Waals surface area contributed by atoms with Gasteiger partial charge in [-0.2, -0.15) is 0 Å². The Morgan fingerprint density at radius 2 is 1.83 bits per heavy atom. The fourth-order valence-corrected chi connectivity index (χ4v) is 3.85. The fraction of sp³-hybridized carbons (Fsp3) is 0.0500. The SMILES string of the molecule is CC(=O)C=Cc1cc2c(s1)-c1cc(F)ccc1Oc1ccccc1-2. The Morgan fingerprint density at radius 3 is 2.67 bits per heavy atom. The number of para-hydroxylation sites is 1. The summed E-state index contributed by atoms with van der Waals surface area (Å²) in [5.74, 6) is 1.06. The molecule has 0 atom stereocenters. The molecule has 118 valence electrons. The van der Waals surface area contributed by atoms with Crippen LogP contribution in [-0.2, 0) is 4.79 Å². The van der Waals surface area contributed by atoms with Crippen molar-refractivity contribution < 1.29 is 13.9 Å². The van der Waals surface area contributed by atoms with Crippen LogP contribution < -0.4 is 4.74 Å². The maximum Gasteiger partial charge on any atom is 0.152 e. The Morgan fingerprint density at radius 1 is 1.04 bits per heavy atom. The molecular weight excluding hydrogens is 323 g/mol. The minimum Gasteiger partial charge on any atom is -0.456 e. The standard InChI is InChI=1S/C20H13FO2S/c1-12(22)6-8-14-11-16-15-4-2-3-5-18(15)23-19-9-7-13(21)10-17(19)20(16)24-14/h2-11H,1H3. The van der Waals surface area contributed by atoms with Gasteiger partial charge in [-0.1, -0.05) is 18.2 Å². The lowest BCUT2D eigenvalue weighted by Crippen LogP contribution is -1.86. The van der Waals surface area contributed by atoms with Gasteiger partial charge in [-0.3, -0.25) is 4.79 Å².